The van der Waals surface area contributed by atoms with E-state index in [0.717, 1.165) is 13.0 Å². The Morgan fingerprint density at radius 1 is 1.14 bits per heavy atom. The number of hydrogen-bond donors (Lipinski definition) is 0. The van der Waals surface area contributed by atoms with Crippen molar-refractivity contribution in [3.63, 3.8) is 0 Å². The fraction of sp³-hybridized carbons (Fsp3) is 0.273. The van der Waals surface area contributed by atoms with Gasteiger partial charge in [0.2, 0.25) is 0 Å². The van der Waals surface area contributed by atoms with E-state index in [4.69, 9.17) is 4.74 Å². The maximum absolute atomic E-state index is 5.31. The molecule has 0 N–H and O–H groups in total. The van der Waals surface area contributed by atoms with Crippen LogP contribution < -0.4 is 0 Å². The maximum atomic E-state index is 5.31. The van der Waals surface area contributed by atoms with Crippen molar-refractivity contribution in [2.45, 2.75) is 13.0 Å². The van der Waals surface area contributed by atoms with Crippen LogP contribution in [-0.4, -0.2) is 6.61 Å². The van der Waals surface area contributed by atoms with Crippen molar-refractivity contribution in [2.24, 2.45) is 0 Å². The van der Waals surface area contributed by atoms with Gasteiger partial charge in [-0.2, -0.15) is 6.42 Å². The third kappa shape index (κ3) is 9.10. The fourth-order valence-corrected chi connectivity index (χ4v) is 0.866. The summed E-state index contributed by atoms with van der Waals surface area (Å²) in [7, 11) is 0. The zero-order valence-electron chi connectivity index (χ0n) is 8.42. The van der Waals surface area contributed by atoms with Crippen LogP contribution in [0.4, 0.5) is 0 Å². The predicted molar refractivity (Wildman–Crippen MR) is 65.4 cm³/mol. The van der Waals surface area contributed by atoms with Gasteiger partial charge in [-0.3, -0.25) is 4.93 Å². The summed E-state index contributed by atoms with van der Waals surface area (Å²) in [6.45, 7) is 5.14. The molecule has 1 rings (SSSR count). The van der Waals surface area contributed by atoms with Gasteiger partial charge in [0, 0.05) is 6.61 Å². The van der Waals surface area contributed by atoms with Crippen molar-refractivity contribution >= 4 is 22.6 Å². The van der Waals surface area contributed by atoms with Crippen molar-refractivity contribution in [3.8, 4) is 0 Å². The molecule has 0 atom stereocenters. The average molecular weight is 356 g/mol. The van der Waals surface area contributed by atoms with Gasteiger partial charge in [-0.25, -0.2) is 0 Å². The van der Waals surface area contributed by atoms with Gasteiger partial charge in [-0.15, -0.1) is 0 Å². The maximum Gasteiger partial charge on any atom is 2.00 e. The molecule has 0 aliphatic heterocycles. The number of halogens is 1. The van der Waals surface area contributed by atoms with Crippen LogP contribution >= 0.6 is 22.6 Å². The molecule has 0 bridgehead atoms. The molecule has 0 saturated carbocycles. The van der Waals surface area contributed by atoms with Crippen LogP contribution in [0.5, 0.6) is 0 Å². The second-order valence-electron chi connectivity index (χ2n) is 2.39. The first-order chi connectivity index (χ1) is 6.43. The van der Waals surface area contributed by atoms with Gasteiger partial charge >= 0.3 is 19.5 Å². The normalized spacial score (nSPS) is 8.21. The number of ether oxygens (including phenoxy) is 1. The summed E-state index contributed by atoms with van der Waals surface area (Å²) in [5, 5.41) is 0. The molecule has 0 amide bonds. The SMILES string of the molecule is [CH2-]CCOCc1ccccc1.[CH2-]I.[Zn+2]. The van der Waals surface area contributed by atoms with Crippen molar-refractivity contribution in [1.82, 2.24) is 0 Å². The second kappa shape index (κ2) is 13.5. The van der Waals surface area contributed by atoms with Crippen molar-refractivity contribution in [1.29, 1.82) is 0 Å². The second-order valence-corrected chi connectivity index (χ2v) is 2.39. The summed E-state index contributed by atoms with van der Waals surface area (Å²) < 4.78 is 5.31. The van der Waals surface area contributed by atoms with E-state index in [1.165, 1.54) is 5.56 Å². The number of hydrogen-bond acceptors (Lipinski definition) is 1. The van der Waals surface area contributed by atoms with E-state index in [1.54, 1.807) is 0 Å². The van der Waals surface area contributed by atoms with Crippen LogP contribution in [0.1, 0.15) is 12.0 Å². The molecule has 0 spiro atoms. The molecular formula is C11H15IOZn. The Hall–Kier alpha value is 0.533. The summed E-state index contributed by atoms with van der Waals surface area (Å²) in [5.74, 6) is 0. The molecule has 14 heavy (non-hydrogen) atoms. The molecule has 1 aromatic rings. The first-order valence-electron chi connectivity index (χ1n) is 4.11. The van der Waals surface area contributed by atoms with Crippen LogP contribution in [0.15, 0.2) is 30.3 Å². The Labute approximate surface area is 114 Å². The van der Waals surface area contributed by atoms with E-state index in [-0.39, 0.29) is 19.5 Å². The van der Waals surface area contributed by atoms with Gasteiger partial charge in [0.15, 0.2) is 0 Å². The van der Waals surface area contributed by atoms with Crippen LogP contribution in [-0.2, 0) is 30.8 Å². The van der Waals surface area contributed by atoms with Gasteiger partial charge in [0.25, 0.3) is 0 Å². The molecule has 1 nitrogen and oxygen atoms in total. The van der Waals surface area contributed by atoms with E-state index in [9.17, 15) is 0 Å². The molecule has 0 aliphatic rings. The molecule has 0 aliphatic carbocycles. The van der Waals surface area contributed by atoms with E-state index in [1.807, 2.05) is 40.8 Å². The van der Waals surface area contributed by atoms with Crippen LogP contribution in [0.25, 0.3) is 0 Å². The fourth-order valence-electron chi connectivity index (χ4n) is 0.866. The molecule has 1 aromatic carbocycles. The van der Waals surface area contributed by atoms with Gasteiger partial charge in [-0.1, -0.05) is 30.3 Å². The molecule has 0 saturated heterocycles. The summed E-state index contributed by atoms with van der Waals surface area (Å²) in [6.07, 6.45) is 0.840. The number of rotatable bonds is 4. The minimum absolute atomic E-state index is 0. The quantitative estimate of drug-likeness (QED) is 0.347. The van der Waals surface area contributed by atoms with Gasteiger partial charge in [-0.05, 0) is 5.56 Å². The molecule has 3 heteroatoms. The smallest absolute Gasteiger partial charge is 0.379 e. The van der Waals surface area contributed by atoms with Gasteiger partial charge in [0.05, 0.1) is 6.61 Å². The zero-order valence-corrected chi connectivity index (χ0v) is 13.5. The molecule has 0 unspecified atom stereocenters. The standard InChI is InChI=1S/C10H13O.CH2I.Zn/c1-2-8-11-9-10-6-4-3-5-7-10;1-2;/h3-7H,1-2,8-9H2;1H2;/q2*-1;+2. The Morgan fingerprint density at radius 3 is 2.21 bits per heavy atom. The Bertz CT molecular complexity index is 192. The third-order valence-corrected chi connectivity index (χ3v) is 1.40. The summed E-state index contributed by atoms with van der Waals surface area (Å²) >= 11 is 1.90. The van der Waals surface area contributed by atoms with Gasteiger partial charge < -0.3 is 34.3 Å². The van der Waals surface area contributed by atoms with E-state index in [0.29, 0.717) is 6.61 Å². The van der Waals surface area contributed by atoms with E-state index < -0.39 is 0 Å². The molecule has 0 radical (unpaired) electrons. The Morgan fingerprint density at radius 2 is 1.71 bits per heavy atom. The summed E-state index contributed by atoms with van der Waals surface area (Å²) in [6, 6.07) is 10.2. The largest absolute Gasteiger partial charge is 2.00 e. The van der Waals surface area contributed by atoms with Crippen LogP contribution in [0.3, 0.4) is 0 Å². The molecule has 0 heterocycles. The zero-order chi connectivity index (χ0) is 9.94. The third-order valence-electron chi connectivity index (χ3n) is 1.40. The molecule has 74 valence electrons. The minimum Gasteiger partial charge on any atom is -0.379 e. The van der Waals surface area contributed by atoms with Crippen LogP contribution in [0, 0.1) is 11.9 Å². The Kier molecular flexibility index (Phi) is 16.4. The summed E-state index contributed by atoms with van der Waals surface area (Å²) in [5.41, 5.74) is 1.22. The van der Waals surface area contributed by atoms with Crippen LogP contribution in [0.2, 0.25) is 0 Å². The Balaban J connectivity index is 0. The molecule has 0 fully saturated rings. The topological polar surface area (TPSA) is 9.23 Å². The molecule has 0 aromatic heterocycles. The molecular weight excluding hydrogens is 340 g/mol. The number of benzene rings is 1. The first-order valence-corrected chi connectivity index (χ1v) is 5.63. The predicted octanol–water partition coefficient (Wildman–Crippen LogP) is 3.64. The van der Waals surface area contributed by atoms with E-state index >= 15 is 0 Å². The average Bonchev–Trinajstić information content (AvgIpc) is 2.23. The van der Waals surface area contributed by atoms with E-state index in [2.05, 4.69) is 24.0 Å². The van der Waals surface area contributed by atoms with Crippen molar-refractivity contribution in [3.05, 3.63) is 47.7 Å². The minimum atomic E-state index is 0. The summed E-state index contributed by atoms with van der Waals surface area (Å²) in [4.78, 5) is 3.22. The van der Waals surface area contributed by atoms with Crippen molar-refractivity contribution in [2.75, 3.05) is 6.61 Å². The first kappa shape index (κ1) is 16.9. The monoisotopic (exact) mass is 354 g/mol. The van der Waals surface area contributed by atoms with Crippen molar-refractivity contribution < 1.29 is 24.2 Å². The van der Waals surface area contributed by atoms with Gasteiger partial charge in [0.1, 0.15) is 0 Å².